The van der Waals surface area contributed by atoms with Gasteiger partial charge in [-0.2, -0.15) is 0 Å². The molecule has 308 valence electrons. The van der Waals surface area contributed by atoms with Crippen LogP contribution in [0.1, 0.15) is 226 Å². The molecule has 0 aliphatic carbocycles. The highest BCUT2D eigenvalue weighted by Gasteiger charge is 2.19. The monoisotopic (exact) mass is 745 g/mol. The minimum absolute atomic E-state index is 0.105. The topological polar surface area (TPSA) is 78.9 Å². The molecule has 0 aromatic carbocycles. The Kier molecular flexibility index (Phi) is 40.5. The van der Waals surface area contributed by atoms with Crippen molar-refractivity contribution in [3.8, 4) is 0 Å². The number of carbonyl (C=O) groups is 3. The van der Waals surface area contributed by atoms with Gasteiger partial charge in [-0.15, -0.1) is 0 Å². The smallest absolute Gasteiger partial charge is 0.310 e. The third-order valence-corrected chi connectivity index (χ3v) is 9.69. The summed E-state index contributed by atoms with van der Waals surface area (Å²) in [6.45, 7) is 6.41. The SMILES string of the molecule is CC/C=C\C/C=C\C/C=C\CC(=O)OC(COC(=O)CCCCCCCCCCC)COC(=O)CCCCCCCCCCCCCCCCCCC. The number of unbranched alkanes of at least 4 members (excludes halogenated alkanes) is 24. The highest BCUT2D eigenvalue weighted by Crippen LogP contribution is 2.15. The molecular formula is C47H84O6. The van der Waals surface area contributed by atoms with E-state index in [4.69, 9.17) is 14.2 Å². The molecular weight excluding hydrogens is 661 g/mol. The maximum Gasteiger partial charge on any atom is 0.310 e. The summed E-state index contributed by atoms with van der Waals surface area (Å²) in [4.78, 5) is 37.5. The molecule has 1 atom stereocenters. The van der Waals surface area contributed by atoms with Crippen LogP contribution >= 0.6 is 0 Å². The lowest BCUT2D eigenvalue weighted by Gasteiger charge is -2.18. The zero-order valence-corrected chi connectivity index (χ0v) is 35.0. The number of carbonyl (C=O) groups excluding carboxylic acids is 3. The Hall–Kier alpha value is -2.37. The van der Waals surface area contributed by atoms with Gasteiger partial charge >= 0.3 is 17.9 Å². The number of esters is 3. The zero-order valence-electron chi connectivity index (χ0n) is 35.0. The maximum absolute atomic E-state index is 12.6. The molecule has 0 aliphatic rings. The summed E-state index contributed by atoms with van der Waals surface area (Å²) in [5, 5.41) is 0. The Morgan fingerprint density at radius 2 is 0.717 bits per heavy atom. The molecule has 0 aromatic rings. The summed E-state index contributed by atoms with van der Waals surface area (Å²) in [5.74, 6) is -1.03. The summed E-state index contributed by atoms with van der Waals surface area (Å²) in [7, 11) is 0. The van der Waals surface area contributed by atoms with E-state index in [2.05, 4.69) is 45.1 Å². The van der Waals surface area contributed by atoms with Crippen LogP contribution in [0.15, 0.2) is 36.5 Å². The van der Waals surface area contributed by atoms with Gasteiger partial charge < -0.3 is 14.2 Å². The van der Waals surface area contributed by atoms with Gasteiger partial charge in [0.15, 0.2) is 6.10 Å². The van der Waals surface area contributed by atoms with E-state index in [1.54, 1.807) is 6.08 Å². The van der Waals surface area contributed by atoms with Crippen molar-refractivity contribution < 1.29 is 28.6 Å². The van der Waals surface area contributed by atoms with E-state index in [1.165, 1.54) is 128 Å². The number of ether oxygens (including phenoxy) is 3. The van der Waals surface area contributed by atoms with E-state index in [0.29, 0.717) is 12.8 Å². The lowest BCUT2D eigenvalue weighted by Crippen LogP contribution is -2.30. The molecule has 0 amide bonds. The predicted molar refractivity (Wildman–Crippen MR) is 224 cm³/mol. The van der Waals surface area contributed by atoms with Crippen molar-refractivity contribution in [3.05, 3.63) is 36.5 Å². The standard InChI is InChI=1S/C47H84O6/c1-4-7-10-13-16-19-20-21-22-23-24-25-26-29-31-34-37-40-46(49)52-43-44(53-47(50)41-38-35-32-28-18-15-12-9-6-3)42-51-45(48)39-36-33-30-27-17-14-11-8-5-2/h9,12,18,28,35,38,44H,4-8,10-11,13-17,19-27,29-34,36-37,39-43H2,1-3H3/b12-9-,28-18-,38-35-. The molecule has 0 spiro atoms. The highest BCUT2D eigenvalue weighted by molar-refractivity contribution is 5.72. The van der Waals surface area contributed by atoms with Crippen molar-refractivity contribution in [1.29, 1.82) is 0 Å². The van der Waals surface area contributed by atoms with Gasteiger partial charge in [-0.3, -0.25) is 14.4 Å². The summed E-state index contributed by atoms with van der Waals surface area (Å²) < 4.78 is 16.5. The summed E-state index contributed by atoms with van der Waals surface area (Å²) in [6, 6.07) is 0. The molecule has 0 aromatic heterocycles. The molecule has 0 aliphatic heterocycles. The maximum atomic E-state index is 12.6. The van der Waals surface area contributed by atoms with Crippen LogP contribution in [0.5, 0.6) is 0 Å². The lowest BCUT2D eigenvalue weighted by molar-refractivity contribution is -0.166. The normalized spacial score (nSPS) is 12.3. The Morgan fingerprint density at radius 1 is 0.396 bits per heavy atom. The molecule has 0 bridgehead atoms. The molecule has 6 nitrogen and oxygen atoms in total. The molecule has 0 fully saturated rings. The first-order chi connectivity index (χ1) is 26.0. The molecule has 0 rings (SSSR count). The van der Waals surface area contributed by atoms with Crippen molar-refractivity contribution in [3.63, 3.8) is 0 Å². The molecule has 1 unspecified atom stereocenters. The highest BCUT2D eigenvalue weighted by atomic mass is 16.6. The van der Waals surface area contributed by atoms with E-state index in [1.807, 2.05) is 6.08 Å². The predicted octanol–water partition coefficient (Wildman–Crippen LogP) is 14.2. The van der Waals surface area contributed by atoms with Gasteiger partial charge in [-0.1, -0.05) is 211 Å². The first-order valence-corrected chi connectivity index (χ1v) is 22.5. The van der Waals surface area contributed by atoms with Crippen LogP contribution < -0.4 is 0 Å². The van der Waals surface area contributed by atoms with Crippen molar-refractivity contribution in [2.75, 3.05) is 13.2 Å². The zero-order chi connectivity index (χ0) is 38.7. The van der Waals surface area contributed by atoms with Gasteiger partial charge in [0, 0.05) is 12.8 Å². The molecule has 0 saturated carbocycles. The van der Waals surface area contributed by atoms with Crippen LogP contribution in [0.2, 0.25) is 0 Å². The van der Waals surface area contributed by atoms with Gasteiger partial charge in [-0.25, -0.2) is 0 Å². The van der Waals surface area contributed by atoms with Crippen molar-refractivity contribution in [1.82, 2.24) is 0 Å². The minimum Gasteiger partial charge on any atom is -0.462 e. The Balaban J connectivity index is 4.30. The van der Waals surface area contributed by atoms with E-state index >= 15 is 0 Å². The van der Waals surface area contributed by atoms with Crippen LogP contribution in [0.3, 0.4) is 0 Å². The van der Waals surface area contributed by atoms with Gasteiger partial charge in [0.2, 0.25) is 0 Å². The average Bonchev–Trinajstić information content (AvgIpc) is 3.15. The molecule has 0 saturated heterocycles. The molecule has 0 radical (unpaired) electrons. The average molecular weight is 745 g/mol. The number of rotatable bonds is 40. The lowest BCUT2D eigenvalue weighted by atomic mass is 10.0. The van der Waals surface area contributed by atoms with Crippen molar-refractivity contribution in [2.45, 2.75) is 232 Å². The van der Waals surface area contributed by atoms with Crippen LogP contribution in [0.25, 0.3) is 0 Å². The summed E-state index contributed by atoms with van der Waals surface area (Å²) >= 11 is 0. The fourth-order valence-electron chi connectivity index (χ4n) is 6.33. The number of hydrogen-bond acceptors (Lipinski definition) is 6. The second-order valence-corrected chi connectivity index (χ2v) is 15.0. The van der Waals surface area contributed by atoms with E-state index in [0.717, 1.165) is 57.8 Å². The fraction of sp³-hybridized carbons (Fsp3) is 0.809. The fourth-order valence-corrected chi connectivity index (χ4v) is 6.33. The third kappa shape index (κ3) is 40.6. The Labute approximate surface area is 327 Å². The van der Waals surface area contributed by atoms with E-state index in [-0.39, 0.29) is 31.6 Å². The largest absolute Gasteiger partial charge is 0.462 e. The van der Waals surface area contributed by atoms with E-state index in [9.17, 15) is 14.4 Å². The number of hydrogen-bond donors (Lipinski definition) is 0. The van der Waals surface area contributed by atoms with Crippen LogP contribution in [-0.2, 0) is 28.6 Å². The minimum atomic E-state index is -0.812. The van der Waals surface area contributed by atoms with Crippen molar-refractivity contribution >= 4 is 17.9 Å². The molecule has 0 heterocycles. The van der Waals surface area contributed by atoms with E-state index < -0.39 is 12.1 Å². The first kappa shape index (κ1) is 50.6. The van der Waals surface area contributed by atoms with Crippen LogP contribution in [0.4, 0.5) is 0 Å². The van der Waals surface area contributed by atoms with Crippen LogP contribution in [-0.4, -0.2) is 37.2 Å². The third-order valence-electron chi connectivity index (χ3n) is 9.69. The first-order valence-electron chi connectivity index (χ1n) is 22.5. The Bertz CT molecular complexity index is 907. The van der Waals surface area contributed by atoms with Gasteiger partial charge in [0.1, 0.15) is 13.2 Å². The summed E-state index contributed by atoms with van der Waals surface area (Å²) in [6.07, 6.45) is 47.4. The summed E-state index contributed by atoms with van der Waals surface area (Å²) in [5.41, 5.74) is 0. The van der Waals surface area contributed by atoms with Gasteiger partial charge in [0.25, 0.3) is 0 Å². The molecule has 6 heteroatoms. The van der Waals surface area contributed by atoms with Crippen LogP contribution in [0, 0.1) is 0 Å². The number of allylic oxidation sites excluding steroid dienone is 5. The quantitative estimate of drug-likeness (QED) is 0.0269. The second-order valence-electron chi connectivity index (χ2n) is 15.0. The van der Waals surface area contributed by atoms with Gasteiger partial charge in [0.05, 0.1) is 6.42 Å². The van der Waals surface area contributed by atoms with Gasteiger partial charge in [-0.05, 0) is 32.1 Å². The molecule has 0 N–H and O–H groups in total. The second kappa shape index (κ2) is 42.4. The van der Waals surface area contributed by atoms with Crippen molar-refractivity contribution in [2.24, 2.45) is 0 Å². The Morgan fingerprint density at radius 3 is 1.08 bits per heavy atom. The molecule has 53 heavy (non-hydrogen) atoms.